The van der Waals surface area contributed by atoms with Crippen LogP contribution in [0.1, 0.15) is 49.3 Å². The van der Waals surface area contributed by atoms with Crippen molar-refractivity contribution in [1.29, 1.82) is 0 Å². The monoisotopic (exact) mass is 462 g/mol. The van der Waals surface area contributed by atoms with Gasteiger partial charge in [-0.2, -0.15) is 13.2 Å². The highest BCUT2D eigenvalue weighted by Gasteiger charge is 2.30. The van der Waals surface area contributed by atoms with Crippen LogP contribution in [0.25, 0.3) is 0 Å². The van der Waals surface area contributed by atoms with E-state index in [1.807, 2.05) is 29.2 Å². The van der Waals surface area contributed by atoms with Gasteiger partial charge in [0.25, 0.3) is 0 Å². The van der Waals surface area contributed by atoms with Crippen molar-refractivity contribution >= 4 is 11.8 Å². The minimum absolute atomic E-state index is 0.146. The Balaban J connectivity index is 2.14. The van der Waals surface area contributed by atoms with E-state index in [0.29, 0.717) is 42.4 Å². The molecule has 2 aromatic carbocycles. The van der Waals surface area contributed by atoms with E-state index in [1.165, 1.54) is 12.1 Å². The number of hydrogen-bond donors (Lipinski definition) is 1. The number of benzene rings is 2. The number of halogens is 3. The molecule has 0 bridgehead atoms. The Morgan fingerprint density at radius 2 is 1.76 bits per heavy atom. The number of nitrogens with zero attached hydrogens (tertiary/aromatic N) is 2. The minimum Gasteiger partial charge on any atom is -0.493 e. The molecule has 0 unspecified atom stereocenters. The van der Waals surface area contributed by atoms with Gasteiger partial charge in [-0.1, -0.05) is 36.9 Å². The summed E-state index contributed by atoms with van der Waals surface area (Å²) in [5.74, 6) is 0.382. The van der Waals surface area contributed by atoms with E-state index >= 15 is 0 Å². The number of carbonyl (C=O) groups is 1. The molecule has 1 N–H and O–H groups in total. The van der Waals surface area contributed by atoms with Gasteiger partial charge in [-0.15, -0.1) is 0 Å². The van der Waals surface area contributed by atoms with Crippen molar-refractivity contribution in [3.8, 4) is 5.75 Å². The molecule has 0 saturated carbocycles. The second kappa shape index (κ2) is 12.1. The predicted octanol–water partition coefficient (Wildman–Crippen LogP) is 6.14. The van der Waals surface area contributed by atoms with Gasteiger partial charge < -0.3 is 14.7 Å². The van der Waals surface area contributed by atoms with Crippen molar-refractivity contribution in [2.75, 3.05) is 13.7 Å². The average molecular weight is 463 g/mol. The van der Waals surface area contributed by atoms with Gasteiger partial charge in [-0.3, -0.25) is 9.79 Å². The number of rotatable bonds is 11. The maximum atomic E-state index is 12.9. The van der Waals surface area contributed by atoms with Crippen LogP contribution in [0.4, 0.5) is 13.2 Å². The normalized spacial score (nSPS) is 11.8. The summed E-state index contributed by atoms with van der Waals surface area (Å²) in [6, 6.07) is 12.4. The summed E-state index contributed by atoms with van der Waals surface area (Å²) in [7, 11) is 1.59. The Hall–Kier alpha value is -3.29. The van der Waals surface area contributed by atoms with Crippen LogP contribution in [-0.4, -0.2) is 35.5 Å². The number of unbranched alkanes of at least 4 members (excludes halogenated alkanes) is 2. The molecule has 2 rings (SSSR count). The van der Waals surface area contributed by atoms with E-state index in [-0.39, 0.29) is 6.42 Å². The maximum Gasteiger partial charge on any atom is 0.416 e. The summed E-state index contributed by atoms with van der Waals surface area (Å²) in [4.78, 5) is 16.7. The van der Waals surface area contributed by atoms with Crippen molar-refractivity contribution in [3.63, 3.8) is 0 Å². The third-order valence-electron chi connectivity index (χ3n) is 4.99. The highest BCUT2D eigenvalue weighted by atomic mass is 19.4. The summed E-state index contributed by atoms with van der Waals surface area (Å²) < 4.78 is 44.7. The summed E-state index contributed by atoms with van der Waals surface area (Å²) in [6.07, 6.45) is -2.16. The van der Waals surface area contributed by atoms with Crippen LogP contribution in [0.2, 0.25) is 0 Å². The topological polar surface area (TPSA) is 62.1 Å². The molecule has 0 radical (unpaired) electrons. The number of aliphatic imine (C=N–C) groups is 1. The average Bonchev–Trinajstić information content (AvgIpc) is 2.76. The second-order valence-corrected chi connectivity index (χ2v) is 7.60. The first-order valence-electron chi connectivity index (χ1n) is 10.6. The van der Waals surface area contributed by atoms with Crippen molar-refractivity contribution in [1.82, 2.24) is 4.90 Å². The summed E-state index contributed by atoms with van der Waals surface area (Å²) in [6.45, 7) is 6.65. The lowest BCUT2D eigenvalue weighted by Gasteiger charge is -2.27. The Morgan fingerprint density at radius 1 is 1.09 bits per heavy atom. The Bertz CT molecular complexity index is 970. The lowest BCUT2D eigenvalue weighted by atomic mass is 10.1. The Labute approximate surface area is 192 Å². The third-order valence-corrected chi connectivity index (χ3v) is 4.99. The lowest BCUT2D eigenvalue weighted by Crippen LogP contribution is -2.29. The van der Waals surface area contributed by atoms with Crippen molar-refractivity contribution in [3.05, 3.63) is 77.5 Å². The van der Waals surface area contributed by atoms with Gasteiger partial charge in [0.15, 0.2) is 0 Å². The van der Waals surface area contributed by atoms with E-state index in [1.54, 1.807) is 14.0 Å². The van der Waals surface area contributed by atoms with Gasteiger partial charge in [0.2, 0.25) is 0 Å². The zero-order chi connectivity index (χ0) is 24.4. The molecule has 8 heteroatoms. The highest BCUT2D eigenvalue weighted by molar-refractivity contribution is 5.99. The van der Waals surface area contributed by atoms with Crippen LogP contribution in [0.5, 0.6) is 5.75 Å². The Morgan fingerprint density at radius 3 is 2.33 bits per heavy atom. The highest BCUT2D eigenvalue weighted by Crippen LogP contribution is 2.30. The number of allylic oxidation sites excluding steroid dienone is 1. The van der Waals surface area contributed by atoms with Gasteiger partial charge in [0, 0.05) is 30.3 Å². The SMILES string of the molecule is C=C(C)N(Cc1ccccc1OCCCCCC(=O)O)/C(=N\C)c1ccc(C(F)(F)F)cc1. The molecule has 0 aliphatic heterocycles. The lowest BCUT2D eigenvalue weighted by molar-refractivity contribution is -0.138. The van der Waals surface area contributed by atoms with E-state index in [2.05, 4.69) is 11.6 Å². The molecule has 2 aromatic rings. The molecule has 33 heavy (non-hydrogen) atoms. The van der Waals surface area contributed by atoms with E-state index < -0.39 is 17.7 Å². The Kier molecular flexibility index (Phi) is 9.51. The first-order valence-corrected chi connectivity index (χ1v) is 10.6. The fraction of sp³-hybridized carbons (Fsp3) is 0.360. The van der Waals surface area contributed by atoms with Crippen LogP contribution in [0, 0.1) is 0 Å². The van der Waals surface area contributed by atoms with Gasteiger partial charge in [0.05, 0.1) is 18.7 Å². The molecule has 0 spiro atoms. The fourth-order valence-corrected chi connectivity index (χ4v) is 3.29. The number of carboxylic acids is 1. The van der Waals surface area contributed by atoms with E-state index in [9.17, 15) is 18.0 Å². The predicted molar refractivity (Wildman–Crippen MR) is 122 cm³/mol. The van der Waals surface area contributed by atoms with Gasteiger partial charge >= 0.3 is 12.1 Å². The first-order chi connectivity index (χ1) is 15.6. The molecular weight excluding hydrogens is 433 g/mol. The summed E-state index contributed by atoms with van der Waals surface area (Å²) in [5.41, 5.74) is 1.38. The van der Waals surface area contributed by atoms with Crippen molar-refractivity contribution < 1.29 is 27.8 Å². The molecule has 0 aromatic heterocycles. The second-order valence-electron chi connectivity index (χ2n) is 7.60. The van der Waals surface area contributed by atoms with Crippen molar-refractivity contribution in [2.24, 2.45) is 4.99 Å². The number of amidine groups is 1. The molecule has 5 nitrogen and oxygen atoms in total. The largest absolute Gasteiger partial charge is 0.493 e. The maximum absolute atomic E-state index is 12.9. The van der Waals surface area contributed by atoms with Crippen LogP contribution in [0.15, 0.2) is 65.8 Å². The number of ether oxygens (including phenoxy) is 1. The first kappa shape index (κ1) is 26.0. The minimum atomic E-state index is -4.40. The zero-order valence-corrected chi connectivity index (χ0v) is 18.9. The van der Waals surface area contributed by atoms with Gasteiger partial charge in [0.1, 0.15) is 11.6 Å². The van der Waals surface area contributed by atoms with Crippen LogP contribution in [0.3, 0.4) is 0 Å². The van der Waals surface area contributed by atoms with Crippen LogP contribution < -0.4 is 4.74 Å². The number of alkyl halides is 3. The van der Waals surface area contributed by atoms with E-state index in [4.69, 9.17) is 9.84 Å². The molecular formula is C25H29F3N2O3. The molecule has 0 aliphatic carbocycles. The smallest absolute Gasteiger partial charge is 0.416 e. The van der Waals surface area contributed by atoms with Crippen molar-refractivity contribution in [2.45, 2.75) is 45.3 Å². The summed E-state index contributed by atoms with van der Waals surface area (Å²) >= 11 is 0. The van der Waals surface area contributed by atoms with Crippen LogP contribution in [-0.2, 0) is 17.5 Å². The molecule has 178 valence electrons. The zero-order valence-electron chi connectivity index (χ0n) is 18.9. The molecule has 0 atom stereocenters. The number of para-hydroxylation sites is 1. The molecule has 0 fully saturated rings. The van der Waals surface area contributed by atoms with Gasteiger partial charge in [-0.05, 0) is 44.4 Å². The number of aliphatic carboxylic acids is 1. The molecule has 0 amide bonds. The summed E-state index contributed by atoms with van der Waals surface area (Å²) in [5, 5.41) is 8.71. The third kappa shape index (κ3) is 7.97. The van der Waals surface area contributed by atoms with Gasteiger partial charge in [-0.25, -0.2) is 0 Å². The molecule has 0 heterocycles. The molecule has 0 aliphatic rings. The quantitative estimate of drug-likeness (QED) is 0.247. The fourth-order valence-electron chi connectivity index (χ4n) is 3.29. The van der Waals surface area contributed by atoms with Crippen LogP contribution >= 0.6 is 0 Å². The van der Waals surface area contributed by atoms with E-state index in [0.717, 1.165) is 30.5 Å². The standard InChI is InChI=1S/C25H29F3N2O3/c1-18(2)30(24(29-3)19-12-14-21(15-13-19)25(26,27)28)17-20-9-6-7-10-22(20)33-16-8-4-5-11-23(31)32/h6-7,9-10,12-15H,1,4-5,8,11,16-17H2,2-3H3,(H,31,32)/b29-24-. The number of carboxylic acid groups (broad SMARTS) is 1. The molecule has 0 saturated heterocycles. The number of hydrogen-bond acceptors (Lipinski definition) is 3.